The van der Waals surface area contributed by atoms with Gasteiger partial charge in [-0.1, -0.05) is 0 Å². The van der Waals surface area contributed by atoms with Crippen LogP contribution in [0.5, 0.6) is 0 Å². The summed E-state index contributed by atoms with van der Waals surface area (Å²) in [4.78, 5) is 36.2. The predicted molar refractivity (Wildman–Crippen MR) is 129 cm³/mol. The molecule has 0 fully saturated rings. The average Bonchev–Trinajstić information content (AvgIpc) is 3.44. The minimum atomic E-state index is -0.248. The number of carbonyl (C=O) groups excluding carboxylic acids is 2. The average molecular weight is 463 g/mol. The fourth-order valence-corrected chi connectivity index (χ4v) is 4.28. The monoisotopic (exact) mass is 462 g/mol. The standard InChI is InChI=1S/C24H26N6O2S/c1-15(2)30-23-19(14-28-30)18(12-20(29-23)21-5-4-16(3)33-21)24(32)26-11-8-22(31)27-13-17-6-9-25-10-7-17/h4-7,9-10,12,14-15H,8,11,13H2,1-3H3,(H,26,32)(H,27,31). The van der Waals surface area contributed by atoms with Crippen molar-refractivity contribution in [2.24, 2.45) is 0 Å². The van der Waals surface area contributed by atoms with Crippen LogP contribution >= 0.6 is 11.3 Å². The highest BCUT2D eigenvalue weighted by Crippen LogP contribution is 2.30. The lowest BCUT2D eigenvalue weighted by atomic mass is 10.1. The van der Waals surface area contributed by atoms with Crippen LogP contribution in [0.25, 0.3) is 21.6 Å². The molecule has 2 N–H and O–H groups in total. The summed E-state index contributed by atoms with van der Waals surface area (Å²) in [5.41, 5.74) is 2.89. The first-order valence-electron chi connectivity index (χ1n) is 10.8. The molecule has 8 nitrogen and oxygen atoms in total. The lowest BCUT2D eigenvalue weighted by molar-refractivity contribution is -0.121. The lowest BCUT2D eigenvalue weighted by Gasteiger charge is -2.11. The summed E-state index contributed by atoms with van der Waals surface area (Å²) in [7, 11) is 0. The summed E-state index contributed by atoms with van der Waals surface area (Å²) >= 11 is 1.63. The molecule has 0 aliphatic carbocycles. The second-order valence-corrected chi connectivity index (χ2v) is 9.31. The maximum Gasteiger partial charge on any atom is 0.252 e. The third-order valence-electron chi connectivity index (χ3n) is 5.17. The zero-order valence-electron chi connectivity index (χ0n) is 18.8. The number of hydrogen-bond acceptors (Lipinski definition) is 6. The molecule has 0 saturated heterocycles. The van der Waals surface area contributed by atoms with Gasteiger partial charge in [-0.25, -0.2) is 9.67 Å². The van der Waals surface area contributed by atoms with Gasteiger partial charge in [-0.3, -0.25) is 14.6 Å². The normalized spacial score (nSPS) is 11.2. The van der Waals surface area contributed by atoms with Crippen molar-refractivity contribution in [1.82, 2.24) is 30.4 Å². The Balaban J connectivity index is 1.48. The highest BCUT2D eigenvalue weighted by atomic mass is 32.1. The smallest absolute Gasteiger partial charge is 0.252 e. The minimum absolute atomic E-state index is 0.107. The van der Waals surface area contributed by atoms with Gasteiger partial charge in [-0.05, 0) is 56.7 Å². The van der Waals surface area contributed by atoms with E-state index in [2.05, 4.69) is 20.7 Å². The largest absolute Gasteiger partial charge is 0.352 e. The van der Waals surface area contributed by atoms with E-state index < -0.39 is 0 Å². The van der Waals surface area contributed by atoms with Gasteiger partial charge in [-0.2, -0.15) is 5.10 Å². The number of nitrogens with one attached hydrogen (secondary N) is 2. The van der Waals surface area contributed by atoms with Crippen molar-refractivity contribution in [1.29, 1.82) is 0 Å². The third-order valence-corrected chi connectivity index (χ3v) is 6.19. The van der Waals surface area contributed by atoms with Gasteiger partial charge in [-0.15, -0.1) is 11.3 Å². The van der Waals surface area contributed by atoms with Gasteiger partial charge < -0.3 is 10.6 Å². The van der Waals surface area contributed by atoms with E-state index in [9.17, 15) is 9.59 Å². The summed E-state index contributed by atoms with van der Waals surface area (Å²) in [5, 5.41) is 10.9. The van der Waals surface area contributed by atoms with Crippen molar-refractivity contribution in [3.8, 4) is 10.6 Å². The van der Waals surface area contributed by atoms with E-state index in [1.54, 1.807) is 36.0 Å². The molecular weight excluding hydrogens is 436 g/mol. The topological polar surface area (TPSA) is 102 Å². The quantitative estimate of drug-likeness (QED) is 0.414. The zero-order chi connectivity index (χ0) is 23.4. The fourth-order valence-electron chi connectivity index (χ4n) is 3.46. The molecule has 0 spiro atoms. The Kier molecular flexibility index (Phi) is 6.79. The van der Waals surface area contributed by atoms with Crippen LogP contribution in [0.1, 0.15) is 47.1 Å². The highest BCUT2D eigenvalue weighted by molar-refractivity contribution is 7.15. The maximum atomic E-state index is 13.1. The van der Waals surface area contributed by atoms with Crippen LogP contribution in [0.4, 0.5) is 0 Å². The molecule has 0 saturated carbocycles. The molecule has 0 unspecified atom stereocenters. The Hall–Kier alpha value is -3.59. The Morgan fingerprint density at radius 2 is 1.91 bits per heavy atom. The molecule has 33 heavy (non-hydrogen) atoms. The molecule has 9 heteroatoms. The number of aryl methyl sites for hydroxylation is 1. The van der Waals surface area contributed by atoms with Gasteiger partial charge in [0.25, 0.3) is 5.91 Å². The van der Waals surface area contributed by atoms with Crippen LogP contribution in [0.15, 0.2) is 48.9 Å². The van der Waals surface area contributed by atoms with Gasteiger partial charge in [0.1, 0.15) is 0 Å². The fraction of sp³-hybridized carbons (Fsp3) is 0.292. The summed E-state index contributed by atoms with van der Waals surface area (Å²) < 4.78 is 1.82. The van der Waals surface area contributed by atoms with Crippen LogP contribution in [0.3, 0.4) is 0 Å². The number of nitrogens with zero attached hydrogens (tertiary/aromatic N) is 4. The number of hydrogen-bond donors (Lipinski definition) is 2. The first kappa shape index (κ1) is 22.6. The van der Waals surface area contributed by atoms with Gasteiger partial charge in [0.2, 0.25) is 5.91 Å². The van der Waals surface area contributed by atoms with Crippen LogP contribution in [0, 0.1) is 6.92 Å². The van der Waals surface area contributed by atoms with E-state index in [1.807, 2.05) is 49.7 Å². The number of aromatic nitrogens is 4. The predicted octanol–water partition coefficient (Wildman–Crippen LogP) is 3.88. The van der Waals surface area contributed by atoms with Crippen molar-refractivity contribution in [3.63, 3.8) is 0 Å². The van der Waals surface area contributed by atoms with Gasteiger partial charge in [0.15, 0.2) is 5.65 Å². The van der Waals surface area contributed by atoms with Crippen molar-refractivity contribution < 1.29 is 9.59 Å². The van der Waals surface area contributed by atoms with Crippen molar-refractivity contribution >= 4 is 34.2 Å². The molecule has 0 aromatic carbocycles. The maximum absolute atomic E-state index is 13.1. The molecular formula is C24H26N6O2S. The highest BCUT2D eigenvalue weighted by Gasteiger charge is 2.19. The van der Waals surface area contributed by atoms with E-state index in [0.717, 1.165) is 16.1 Å². The number of thiophene rings is 1. The Morgan fingerprint density at radius 3 is 2.61 bits per heavy atom. The minimum Gasteiger partial charge on any atom is -0.352 e. The van der Waals surface area contributed by atoms with Crippen LogP contribution in [-0.2, 0) is 11.3 Å². The molecule has 170 valence electrons. The second kappa shape index (κ2) is 9.91. The molecule has 4 aromatic heterocycles. The molecule has 4 rings (SSSR count). The Morgan fingerprint density at radius 1 is 1.12 bits per heavy atom. The van der Waals surface area contributed by atoms with Gasteiger partial charge >= 0.3 is 0 Å². The van der Waals surface area contributed by atoms with Gasteiger partial charge in [0, 0.05) is 42.8 Å². The number of pyridine rings is 2. The molecule has 2 amide bonds. The first-order chi connectivity index (χ1) is 15.9. The molecule has 4 heterocycles. The summed E-state index contributed by atoms with van der Waals surface area (Å²) in [6.07, 6.45) is 5.24. The van der Waals surface area contributed by atoms with Crippen LogP contribution in [0.2, 0.25) is 0 Å². The molecule has 0 aliphatic heterocycles. The van der Waals surface area contributed by atoms with Crippen molar-refractivity contribution in [2.45, 2.75) is 39.8 Å². The zero-order valence-corrected chi connectivity index (χ0v) is 19.6. The van der Waals surface area contributed by atoms with Crippen molar-refractivity contribution in [3.05, 3.63) is 64.9 Å². The first-order valence-corrected chi connectivity index (χ1v) is 11.6. The number of carbonyl (C=O) groups is 2. The lowest BCUT2D eigenvalue weighted by Crippen LogP contribution is -2.30. The van der Waals surface area contributed by atoms with E-state index >= 15 is 0 Å². The second-order valence-electron chi connectivity index (χ2n) is 8.02. The SMILES string of the molecule is Cc1ccc(-c2cc(C(=O)NCCC(=O)NCc3ccncc3)c3cnn(C(C)C)c3n2)s1. The van der Waals surface area contributed by atoms with E-state index in [1.165, 1.54) is 4.88 Å². The van der Waals surface area contributed by atoms with E-state index in [-0.39, 0.29) is 30.8 Å². The summed E-state index contributed by atoms with van der Waals surface area (Å²) in [5.74, 6) is -0.378. The van der Waals surface area contributed by atoms with Gasteiger partial charge in [0.05, 0.1) is 27.7 Å². The molecule has 0 aliphatic rings. The number of rotatable bonds is 8. The number of amides is 2. The van der Waals surface area contributed by atoms with Crippen LogP contribution in [-0.4, -0.2) is 38.1 Å². The number of fused-ring (bicyclic) bond motifs is 1. The Labute approximate surface area is 196 Å². The van der Waals surface area contributed by atoms with Crippen molar-refractivity contribution in [2.75, 3.05) is 6.54 Å². The van der Waals surface area contributed by atoms with E-state index in [4.69, 9.17) is 4.98 Å². The van der Waals surface area contributed by atoms with E-state index in [0.29, 0.717) is 23.1 Å². The molecule has 0 radical (unpaired) electrons. The summed E-state index contributed by atoms with van der Waals surface area (Å²) in [6, 6.07) is 9.66. The third kappa shape index (κ3) is 5.25. The molecule has 4 aromatic rings. The van der Waals surface area contributed by atoms with Crippen LogP contribution < -0.4 is 10.6 Å². The Bertz CT molecular complexity index is 1280. The summed E-state index contributed by atoms with van der Waals surface area (Å²) in [6.45, 7) is 6.76. The molecule has 0 atom stereocenters. The molecule has 0 bridgehead atoms.